The Bertz CT molecular complexity index is 958. The van der Waals surface area contributed by atoms with Crippen LogP contribution < -0.4 is 0 Å². The summed E-state index contributed by atoms with van der Waals surface area (Å²) in [5.41, 5.74) is 3.38. The Hall–Kier alpha value is -3.01. The van der Waals surface area contributed by atoms with Gasteiger partial charge in [-0.15, -0.1) is 0 Å². The van der Waals surface area contributed by atoms with Crippen LogP contribution in [-0.4, -0.2) is 22.3 Å². The third-order valence-corrected chi connectivity index (χ3v) is 5.27. The molecule has 2 aromatic carbocycles. The van der Waals surface area contributed by atoms with Crippen molar-refractivity contribution in [2.75, 3.05) is 6.54 Å². The molecule has 1 aromatic heterocycles. The van der Waals surface area contributed by atoms with Gasteiger partial charge in [-0.3, -0.25) is 9.78 Å². The van der Waals surface area contributed by atoms with Gasteiger partial charge in [-0.1, -0.05) is 54.6 Å². The lowest BCUT2D eigenvalue weighted by Crippen LogP contribution is -2.32. The van der Waals surface area contributed by atoms with Gasteiger partial charge in [0, 0.05) is 18.7 Å². The third kappa shape index (κ3) is 4.11. The normalized spacial score (nSPS) is 16.3. The predicted molar refractivity (Wildman–Crippen MR) is 107 cm³/mol. The molecule has 142 valence electrons. The van der Waals surface area contributed by atoms with Crippen LogP contribution in [0.5, 0.6) is 0 Å². The molecule has 1 amide bonds. The van der Waals surface area contributed by atoms with E-state index >= 15 is 0 Å². The number of rotatable bonds is 5. The second kappa shape index (κ2) is 8.34. The van der Waals surface area contributed by atoms with E-state index in [-0.39, 0.29) is 17.8 Å². The van der Waals surface area contributed by atoms with Crippen LogP contribution in [0.4, 0.5) is 4.39 Å². The number of nitrogens with zero attached hydrogens (tertiary/aromatic N) is 2. The monoisotopic (exact) mass is 374 g/mol. The highest BCUT2D eigenvalue weighted by atomic mass is 19.1. The van der Waals surface area contributed by atoms with E-state index in [0.29, 0.717) is 18.4 Å². The van der Waals surface area contributed by atoms with Gasteiger partial charge in [-0.05, 0) is 42.2 Å². The van der Waals surface area contributed by atoms with Crippen LogP contribution in [0.25, 0.3) is 0 Å². The fourth-order valence-electron chi connectivity index (χ4n) is 3.86. The fraction of sp³-hybridized carbons (Fsp3) is 0.250. The van der Waals surface area contributed by atoms with Gasteiger partial charge in [0.2, 0.25) is 5.91 Å². The number of halogens is 1. The molecule has 28 heavy (non-hydrogen) atoms. The summed E-state index contributed by atoms with van der Waals surface area (Å²) >= 11 is 0. The average Bonchev–Trinajstić information content (AvgIpc) is 3.21. The van der Waals surface area contributed by atoms with Crippen LogP contribution in [0.2, 0.25) is 0 Å². The largest absolute Gasteiger partial charge is 0.334 e. The lowest BCUT2D eigenvalue weighted by atomic mass is 10.1. The van der Waals surface area contributed by atoms with Crippen molar-refractivity contribution in [3.8, 4) is 0 Å². The van der Waals surface area contributed by atoms with E-state index in [2.05, 4.69) is 0 Å². The summed E-state index contributed by atoms with van der Waals surface area (Å²) in [6.07, 6.45) is 2.75. The molecular weight excluding hydrogens is 351 g/mol. The lowest BCUT2D eigenvalue weighted by Gasteiger charge is -2.25. The Morgan fingerprint density at radius 1 is 1.00 bits per heavy atom. The number of amides is 1. The number of carbonyl (C=O) groups is 1. The van der Waals surface area contributed by atoms with Crippen LogP contribution in [0.15, 0.2) is 72.8 Å². The van der Waals surface area contributed by atoms with Crippen LogP contribution in [0.3, 0.4) is 0 Å². The van der Waals surface area contributed by atoms with Crippen molar-refractivity contribution in [2.24, 2.45) is 0 Å². The van der Waals surface area contributed by atoms with E-state index in [0.717, 1.165) is 36.3 Å². The molecule has 0 N–H and O–H groups in total. The van der Waals surface area contributed by atoms with Crippen molar-refractivity contribution >= 4 is 5.91 Å². The first kappa shape index (κ1) is 18.4. The first-order valence-corrected chi connectivity index (χ1v) is 9.73. The zero-order valence-electron chi connectivity index (χ0n) is 15.7. The molecule has 0 saturated carbocycles. The van der Waals surface area contributed by atoms with E-state index in [1.54, 1.807) is 12.1 Å². The molecule has 3 nitrogen and oxygen atoms in total. The van der Waals surface area contributed by atoms with E-state index < -0.39 is 0 Å². The Balaban J connectivity index is 1.51. The summed E-state index contributed by atoms with van der Waals surface area (Å²) < 4.78 is 14.0. The highest BCUT2D eigenvalue weighted by Gasteiger charge is 2.30. The summed E-state index contributed by atoms with van der Waals surface area (Å²) in [4.78, 5) is 19.6. The number of hydrogen-bond donors (Lipinski definition) is 0. The number of benzene rings is 2. The standard InChI is InChI=1S/C24H23FN2O/c25-21-12-5-4-10-19(21)17-20-11-6-13-22(26-20)23-14-7-15-27(23)24(28)16-18-8-2-1-3-9-18/h1-6,8-13,23H,7,14-17H2/t23-/m1/s1. The minimum absolute atomic E-state index is 0.00298. The molecule has 4 heteroatoms. The minimum Gasteiger partial charge on any atom is -0.334 e. The minimum atomic E-state index is -0.213. The second-order valence-corrected chi connectivity index (χ2v) is 7.23. The maximum atomic E-state index is 14.0. The van der Waals surface area contributed by atoms with Gasteiger partial charge < -0.3 is 4.90 Å². The number of likely N-dealkylation sites (tertiary alicyclic amines) is 1. The number of hydrogen-bond acceptors (Lipinski definition) is 2. The van der Waals surface area contributed by atoms with Crippen LogP contribution in [0, 0.1) is 5.82 Å². The molecule has 1 atom stereocenters. The number of pyridine rings is 1. The van der Waals surface area contributed by atoms with Crippen molar-refractivity contribution in [1.29, 1.82) is 0 Å². The molecule has 1 aliphatic rings. The topological polar surface area (TPSA) is 33.2 Å². The number of carbonyl (C=O) groups excluding carboxylic acids is 1. The van der Waals surface area contributed by atoms with Gasteiger partial charge in [-0.25, -0.2) is 4.39 Å². The fourth-order valence-corrected chi connectivity index (χ4v) is 3.86. The summed E-state index contributed by atoms with van der Waals surface area (Å²) in [5.74, 6) is -0.0785. The Kier molecular flexibility index (Phi) is 5.47. The van der Waals surface area contributed by atoms with Crippen molar-refractivity contribution < 1.29 is 9.18 Å². The molecule has 4 rings (SSSR count). The van der Waals surface area contributed by atoms with Crippen LogP contribution in [-0.2, 0) is 17.6 Å². The van der Waals surface area contributed by atoms with Gasteiger partial charge >= 0.3 is 0 Å². The quantitative estimate of drug-likeness (QED) is 0.648. The smallest absolute Gasteiger partial charge is 0.227 e. The summed E-state index contributed by atoms with van der Waals surface area (Å²) in [5, 5.41) is 0. The van der Waals surface area contributed by atoms with Gasteiger partial charge in [0.15, 0.2) is 0 Å². The Labute approximate surface area is 164 Å². The first-order chi connectivity index (χ1) is 13.7. The molecule has 0 radical (unpaired) electrons. The molecule has 0 bridgehead atoms. The van der Waals surface area contributed by atoms with Crippen molar-refractivity contribution in [1.82, 2.24) is 9.88 Å². The highest BCUT2D eigenvalue weighted by molar-refractivity contribution is 5.79. The molecule has 3 aromatic rings. The third-order valence-electron chi connectivity index (χ3n) is 5.27. The van der Waals surface area contributed by atoms with Gasteiger partial charge in [-0.2, -0.15) is 0 Å². The SMILES string of the molecule is O=C(Cc1ccccc1)N1CCC[C@@H]1c1cccc(Cc2ccccc2F)n1. The highest BCUT2D eigenvalue weighted by Crippen LogP contribution is 2.31. The average molecular weight is 374 g/mol. The van der Waals surface area contributed by atoms with Gasteiger partial charge in [0.1, 0.15) is 5.82 Å². The molecule has 0 aliphatic carbocycles. The molecular formula is C24H23FN2O. The van der Waals surface area contributed by atoms with E-state index in [4.69, 9.17) is 4.98 Å². The molecule has 0 spiro atoms. The Morgan fingerprint density at radius 2 is 1.79 bits per heavy atom. The predicted octanol–water partition coefficient (Wildman–Crippen LogP) is 4.72. The molecule has 1 saturated heterocycles. The van der Waals surface area contributed by atoms with Crippen molar-refractivity contribution in [3.05, 3.63) is 101 Å². The second-order valence-electron chi connectivity index (χ2n) is 7.23. The zero-order valence-corrected chi connectivity index (χ0v) is 15.7. The summed E-state index contributed by atoms with van der Waals surface area (Å²) in [7, 11) is 0. The lowest BCUT2D eigenvalue weighted by molar-refractivity contribution is -0.131. The summed E-state index contributed by atoms with van der Waals surface area (Å²) in [6, 6.07) is 22.5. The maximum absolute atomic E-state index is 14.0. The molecule has 1 fully saturated rings. The van der Waals surface area contributed by atoms with Crippen LogP contribution >= 0.6 is 0 Å². The van der Waals surface area contributed by atoms with E-state index in [1.807, 2.05) is 59.5 Å². The van der Waals surface area contributed by atoms with E-state index in [9.17, 15) is 9.18 Å². The van der Waals surface area contributed by atoms with Crippen LogP contribution in [0.1, 0.15) is 41.4 Å². The molecule has 2 heterocycles. The molecule has 0 unspecified atom stereocenters. The van der Waals surface area contributed by atoms with Crippen molar-refractivity contribution in [2.45, 2.75) is 31.7 Å². The number of aromatic nitrogens is 1. The maximum Gasteiger partial charge on any atom is 0.227 e. The zero-order chi connectivity index (χ0) is 19.3. The first-order valence-electron chi connectivity index (χ1n) is 9.73. The Morgan fingerprint density at radius 3 is 2.61 bits per heavy atom. The molecule has 1 aliphatic heterocycles. The summed E-state index contributed by atoms with van der Waals surface area (Å²) in [6.45, 7) is 0.759. The van der Waals surface area contributed by atoms with Gasteiger partial charge in [0.05, 0.1) is 18.2 Å². The van der Waals surface area contributed by atoms with Gasteiger partial charge in [0.25, 0.3) is 0 Å². The van der Waals surface area contributed by atoms with Crippen molar-refractivity contribution in [3.63, 3.8) is 0 Å². The van der Waals surface area contributed by atoms with E-state index in [1.165, 1.54) is 6.07 Å².